The molecule has 1 aromatic rings. The van der Waals surface area contributed by atoms with Crippen LogP contribution in [0.3, 0.4) is 0 Å². The minimum atomic E-state index is 0.124. The summed E-state index contributed by atoms with van der Waals surface area (Å²) in [4.78, 5) is 3.97. The van der Waals surface area contributed by atoms with Gasteiger partial charge in [-0.1, -0.05) is 25.8 Å². The van der Waals surface area contributed by atoms with Crippen molar-refractivity contribution >= 4 is 11.3 Å². The summed E-state index contributed by atoms with van der Waals surface area (Å²) in [5.41, 5.74) is 0.124. The highest BCUT2D eigenvalue weighted by molar-refractivity contribution is 7.09. The van der Waals surface area contributed by atoms with Gasteiger partial charge in [-0.3, -0.25) is 4.90 Å². The molecule has 20 heavy (non-hydrogen) atoms. The maximum Gasteiger partial charge on any atom is 0.0499 e. The molecule has 2 rings (SSSR count). The van der Waals surface area contributed by atoms with Crippen LogP contribution in [0.2, 0.25) is 0 Å². The molecule has 0 spiro atoms. The molecular formula is C17H29NOS. The molecule has 3 heteroatoms. The van der Waals surface area contributed by atoms with Crippen LogP contribution < -0.4 is 0 Å². The molecule has 0 saturated heterocycles. The highest BCUT2D eigenvalue weighted by Crippen LogP contribution is 2.40. The Morgan fingerprint density at radius 3 is 2.85 bits per heavy atom. The molecule has 2 atom stereocenters. The van der Waals surface area contributed by atoms with Crippen LogP contribution in [-0.2, 0) is 6.54 Å². The molecule has 1 aliphatic carbocycles. The third-order valence-corrected chi connectivity index (χ3v) is 5.59. The van der Waals surface area contributed by atoms with Crippen molar-refractivity contribution in [2.45, 2.75) is 59.0 Å². The fourth-order valence-electron chi connectivity index (χ4n) is 3.56. The van der Waals surface area contributed by atoms with Crippen LogP contribution in [0, 0.1) is 11.3 Å². The van der Waals surface area contributed by atoms with Crippen molar-refractivity contribution in [3.05, 3.63) is 22.4 Å². The van der Waals surface area contributed by atoms with Crippen LogP contribution in [0.4, 0.5) is 0 Å². The first kappa shape index (κ1) is 16.0. The fraction of sp³-hybridized carbons (Fsp3) is 0.765. The Hall–Kier alpha value is -0.380. The van der Waals surface area contributed by atoms with Gasteiger partial charge in [0.05, 0.1) is 0 Å². The zero-order valence-electron chi connectivity index (χ0n) is 13.1. The fourth-order valence-corrected chi connectivity index (χ4v) is 4.29. The quantitative estimate of drug-likeness (QED) is 0.852. The second kappa shape index (κ2) is 7.06. The lowest BCUT2D eigenvalue weighted by Gasteiger charge is -2.43. The van der Waals surface area contributed by atoms with Gasteiger partial charge in [0.15, 0.2) is 0 Å². The van der Waals surface area contributed by atoms with Gasteiger partial charge in [0, 0.05) is 36.0 Å². The van der Waals surface area contributed by atoms with Gasteiger partial charge in [-0.05, 0) is 44.1 Å². The first-order valence-corrected chi connectivity index (χ1v) is 8.80. The Bertz CT molecular complexity index is 390. The Kier molecular flexibility index (Phi) is 5.65. The second-order valence-electron chi connectivity index (χ2n) is 6.94. The van der Waals surface area contributed by atoms with Gasteiger partial charge in [-0.2, -0.15) is 0 Å². The number of aliphatic hydroxyl groups excluding tert-OH is 1. The second-order valence-corrected chi connectivity index (χ2v) is 7.97. The number of hydrogen-bond donors (Lipinski definition) is 1. The highest BCUT2D eigenvalue weighted by atomic mass is 32.1. The third-order valence-electron chi connectivity index (χ3n) is 4.73. The lowest BCUT2D eigenvalue weighted by Crippen LogP contribution is -2.45. The van der Waals surface area contributed by atoms with Crippen molar-refractivity contribution in [1.82, 2.24) is 4.90 Å². The summed E-state index contributed by atoms with van der Waals surface area (Å²) in [6.45, 7) is 9.26. The van der Waals surface area contributed by atoms with E-state index in [0.717, 1.165) is 19.0 Å². The first-order valence-electron chi connectivity index (χ1n) is 7.92. The molecule has 1 aromatic heterocycles. The molecule has 1 saturated carbocycles. The minimum absolute atomic E-state index is 0.124. The standard InChI is InChI=1S/C17H29NOS/c1-14(2)18(11-16-7-5-9-20-16)12-17(13-19)8-4-6-15(3)10-17/h5,7,9,14-15,19H,4,6,8,10-13H2,1-3H3. The maximum atomic E-state index is 9.99. The predicted octanol–water partition coefficient (Wildman–Crippen LogP) is 4.15. The van der Waals surface area contributed by atoms with E-state index in [1.165, 1.54) is 30.6 Å². The van der Waals surface area contributed by atoms with Gasteiger partial charge in [0.1, 0.15) is 0 Å². The zero-order chi connectivity index (χ0) is 14.6. The van der Waals surface area contributed by atoms with Crippen LogP contribution in [0.5, 0.6) is 0 Å². The molecule has 2 nitrogen and oxygen atoms in total. The number of aliphatic hydroxyl groups is 1. The van der Waals surface area contributed by atoms with Gasteiger partial charge in [-0.25, -0.2) is 0 Å². The molecule has 1 fully saturated rings. The summed E-state index contributed by atoms with van der Waals surface area (Å²) < 4.78 is 0. The summed E-state index contributed by atoms with van der Waals surface area (Å²) in [5.74, 6) is 0.756. The molecular weight excluding hydrogens is 266 g/mol. The van der Waals surface area contributed by atoms with Crippen LogP contribution in [0.25, 0.3) is 0 Å². The normalized spacial score (nSPS) is 27.4. The topological polar surface area (TPSA) is 23.5 Å². The van der Waals surface area contributed by atoms with Gasteiger partial charge in [0.25, 0.3) is 0 Å². The van der Waals surface area contributed by atoms with E-state index in [9.17, 15) is 5.11 Å². The maximum absolute atomic E-state index is 9.99. The van der Waals surface area contributed by atoms with E-state index in [-0.39, 0.29) is 5.41 Å². The molecule has 0 bridgehead atoms. The molecule has 0 aromatic carbocycles. The summed E-state index contributed by atoms with van der Waals surface area (Å²) in [6.07, 6.45) is 4.96. The molecule has 0 radical (unpaired) electrons. The Morgan fingerprint density at radius 1 is 1.50 bits per heavy atom. The van der Waals surface area contributed by atoms with Crippen molar-refractivity contribution in [2.75, 3.05) is 13.2 Å². The predicted molar refractivity (Wildman–Crippen MR) is 87.0 cm³/mol. The Balaban J connectivity index is 2.05. The Morgan fingerprint density at radius 2 is 2.30 bits per heavy atom. The SMILES string of the molecule is CC1CCCC(CO)(CN(Cc2cccs2)C(C)C)C1. The van der Waals surface area contributed by atoms with Crippen molar-refractivity contribution in [3.63, 3.8) is 0 Å². The van der Waals surface area contributed by atoms with Crippen molar-refractivity contribution in [1.29, 1.82) is 0 Å². The monoisotopic (exact) mass is 295 g/mol. The molecule has 1 N–H and O–H groups in total. The van der Waals surface area contributed by atoms with Crippen LogP contribution in [0.15, 0.2) is 17.5 Å². The number of hydrogen-bond acceptors (Lipinski definition) is 3. The summed E-state index contributed by atoms with van der Waals surface area (Å²) in [6, 6.07) is 4.87. The van der Waals surface area contributed by atoms with Crippen molar-refractivity contribution in [2.24, 2.45) is 11.3 Å². The van der Waals surface area contributed by atoms with E-state index in [4.69, 9.17) is 0 Å². The number of rotatable bonds is 6. The number of thiophene rings is 1. The largest absolute Gasteiger partial charge is 0.396 e. The molecule has 1 heterocycles. The minimum Gasteiger partial charge on any atom is -0.396 e. The third kappa shape index (κ3) is 4.06. The summed E-state index contributed by atoms with van der Waals surface area (Å²) >= 11 is 1.83. The van der Waals surface area contributed by atoms with E-state index in [1.807, 2.05) is 11.3 Å². The van der Waals surface area contributed by atoms with Gasteiger partial charge in [-0.15, -0.1) is 11.3 Å². The van der Waals surface area contributed by atoms with E-state index in [1.54, 1.807) is 0 Å². The van der Waals surface area contributed by atoms with E-state index in [0.29, 0.717) is 12.6 Å². The van der Waals surface area contributed by atoms with Gasteiger partial charge >= 0.3 is 0 Å². The molecule has 0 amide bonds. The molecule has 0 aliphatic heterocycles. The van der Waals surface area contributed by atoms with Crippen molar-refractivity contribution in [3.8, 4) is 0 Å². The smallest absolute Gasteiger partial charge is 0.0499 e. The zero-order valence-corrected chi connectivity index (χ0v) is 14.0. The van der Waals surface area contributed by atoms with Gasteiger partial charge in [0.2, 0.25) is 0 Å². The van der Waals surface area contributed by atoms with E-state index in [2.05, 4.69) is 43.2 Å². The molecule has 114 valence electrons. The summed E-state index contributed by atoms with van der Waals surface area (Å²) in [7, 11) is 0. The number of nitrogens with zero attached hydrogens (tertiary/aromatic N) is 1. The lowest BCUT2D eigenvalue weighted by atomic mass is 9.70. The summed E-state index contributed by atoms with van der Waals surface area (Å²) in [5, 5.41) is 12.1. The average molecular weight is 295 g/mol. The highest BCUT2D eigenvalue weighted by Gasteiger charge is 2.36. The first-order chi connectivity index (χ1) is 9.54. The van der Waals surface area contributed by atoms with Crippen LogP contribution >= 0.6 is 11.3 Å². The van der Waals surface area contributed by atoms with E-state index >= 15 is 0 Å². The van der Waals surface area contributed by atoms with Gasteiger partial charge < -0.3 is 5.11 Å². The Labute approximate surface area is 127 Å². The van der Waals surface area contributed by atoms with E-state index < -0.39 is 0 Å². The molecule has 2 unspecified atom stereocenters. The average Bonchev–Trinajstić information content (AvgIpc) is 2.91. The van der Waals surface area contributed by atoms with Crippen LogP contribution in [-0.4, -0.2) is 29.2 Å². The van der Waals surface area contributed by atoms with Crippen molar-refractivity contribution < 1.29 is 5.11 Å². The lowest BCUT2D eigenvalue weighted by molar-refractivity contribution is 0.0124. The van der Waals surface area contributed by atoms with Crippen LogP contribution in [0.1, 0.15) is 51.3 Å². The molecule has 1 aliphatic rings.